The maximum atomic E-state index is 12.2. The van der Waals surface area contributed by atoms with E-state index in [4.69, 9.17) is 16.3 Å². The number of rotatable bonds is 6. The second kappa shape index (κ2) is 8.31. The monoisotopic (exact) mass is 368 g/mol. The summed E-state index contributed by atoms with van der Waals surface area (Å²) in [4.78, 5) is 12.2. The maximum Gasteiger partial charge on any atom is 0.289 e. The van der Waals surface area contributed by atoms with Crippen LogP contribution in [-0.2, 0) is 0 Å². The minimum absolute atomic E-state index is 0.287. The van der Waals surface area contributed by atoms with Gasteiger partial charge in [-0.25, -0.2) is 5.43 Å². The molecule has 7 heteroatoms. The number of hydrogen-bond donors (Lipinski definition) is 2. The van der Waals surface area contributed by atoms with Gasteiger partial charge in [0.05, 0.1) is 23.5 Å². The predicted octanol–water partition coefficient (Wildman–Crippen LogP) is 3.89. The van der Waals surface area contributed by atoms with E-state index in [0.717, 1.165) is 11.1 Å². The number of nitrogens with zero attached hydrogens (tertiary/aromatic N) is 2. The molecule has 2 aromatic carbocycles. The molecule has 1 heterocycles. The third kappa shape index (κ3) is 4.10. The molecule has 0 fully saturated rings. The molecule has 0 aliphatic rings. The number of halogens is 1. The number of carbonyl (C=O) groups is 1. The van der Waals surface area contributed by atoms with Crippen LogP contribution in [0.15, 0.2) is 59.7 Å². The summed E-state index contributed by atoms with van der Waals surface area (Å²) in [6, 6.07) is 16.4. The Labute approximate surface area is 155 Å². The summed E-state index contributed by atoms with van der Waals surface area (Å²) in [6.45, 7) is 2.46. The van der Waals surface area contributed by atoms with E-state index in [-0.39, 0.29) is 5.69 Å². The van der Waals surface area contributed by atoms with Gasteiger partial charge in [-0.05, 0) is 31.2 Å². The molecule has 0 saturated heterocycles. The molecule has 3 rings (SSSR count). The lowest BCUT2D eigenvalue weighted by Crippen LogP contribution is -2.18. The van der Waals surface area contributed by atoms with Crippen molar-refractivity contribution in [1.29, 1.82) is 0 Å². The highest BCUT2D eigenvalue weighted by atomic mass is 35.5. The van der Waals surface area contributed by atoms with E-state index in [9.17, 15) is 4.79 Å². The lowest BCUT2D eigenvalue weighted by molar-refractivity contribution is 0.0950. The molecule has 0 aliphatic carbocycles. The zero-order chi connectivity index (χ0) is 18.4. The normalized spacial score (nSPS) is 10.8. The molecular formula is C19H17ClN4O2. The highest BCUT2D eigenvalue weighted by Crippen LogP contribution is 2.26. The number of aromatic nitrogens is 2. The summed E-state index contributed by atoms with van der Waals surface area (Å²) in [5, 5.41) is 11.4. The Kier molecular flexibility index (Phi) is 5.66. The van der Waals surface area contributed by atoms with Crippen molar-refractivity contribution in [1.82, 2.24) is 15.6 Å². The van der Waals surface area contributed by atoms with Gasteiger partial charge in [-0.15, -0.1) is 0 Å². The molecule has 0 bridgehead atoms. The lowest BCUT2D eigenvalue weighted by atomic mass is 10.1. The zero-order valence-corrected chi connectivity index (χ0v) is 14.8. The second-order valence-corrected chi connectivity index (χ2v) is 5.72. The number of H-pyrrole nitrogens is 1. The number of hydrogen-bond acceptors (Lipinski definition) is 4. The van der Waals surface area contributed by atoms with Crippen LogP contribution in [0.4, 0.5) is 0 Å². The van der Waals surface area contributed by atoms with Gasteiger partial charge in [-0.2, -0.15) is 10.2 Å². The first-order chi connectivity index (χ1) is 12.7. The number of carbonyl (C=O) groups excluding carboxylic acids is 1. The molecular weight excluding hydrogens is 352 g/mol. The molecule has 1 aromatic heterocycles. The van der Waals surface area contributed by atoms with Crippen molar-refractivity contribution in [3.63, 3.8) is 0 Å². The van der Waals surface area contributed by atoms with Crippen LogP contribution in [0, 0.1) is 0 Å². The predicted molar refractivity (Wildman–Crippen MR) is 102 cm³/mol. The Balaban J connectivity index is 1.69. The molecule has 0 unspecified atom stereocenters. The van der Waals surface area contributed by atoms with Crippen molar-refractivity contribution in [3.05, 3.63) is 70.9 Å². The molecule has 0 spiro atoms. The maximum absolute atomic E-state index is 12.2. The van der Waals surface area contributed by atoms with Gasteiger partial charge in [-0.3, -0.25) is 9.89 Å². The number of aromatic amines is 1. The van der Waals surface area contributed by atoms with Gasteiger partial charge < -0.3 is 4.74 Å². The fourth-order valence-corrected chi connectivity index (χ4v) is 2.57. The first-order valence-electron chi connectivity index (χ1n) is 8.04. The molecule has 0 aliphatic heterocycles. The van der Waals surface area contributed by atoms with Gasteiger partial charge in [0.1, 0.15) is 11.4 Å². The van der Waals surface area contributed by atoms with Crippen molar-refractivity contribution in [2.75, 3.05) is 6.61 Å². The standard InChI is InChI=1S/C19H17ClN4O2/c1-2-26-18-10-6-3-7-13(18)12-21-24-19(25)17-11-16(22-23-17)14-8-4-5-9-15(14)20/h3-12H,2H2,1H3,(H,22,23)(H,24,25). The van der Waals surface area contributed by atoms with Gasteiger partial charge in [0, 0.05) is 11.1 Å². The Bertz CT molecular complexity index is 937. The molecule has 132 valence electrons. The van der Waals surface area contributed by atoms with E-state index in [0.29, 0.717) is 23.1 Å². The summed E-state index contributed by atoms with van der Waals surface area (Å²) in [5.41, 5.74) is 4.87. The van der Waals surface area contributed by atoms with Gasteiger partial charge in [0.25, 0.3) is 5.91 Å². The number of amides is 1. The zero-order valence-electron chi connectivity index (χ0n) is 14.1. The molecule has 3 aromatic rings. The molecule has 0 radical (unpaired) electrons. The quantitative estimate of drug-likeness (QED) is 0.511. The SMILES string of the molecule is CCOc1ccccc1C=NNC(=O)c1cc(-c2ccccc2Cl)n[nH]1. The number of ether oxygens (including phenoxy) is 1. The number of nitrogens with one attached hydrogen (secondary N) is 2. The van der Waals surface area contributed by atoms with E-state index in [1.54, 1.807) is 12.1 Å². The average molecular weight is 369 g/mol. The van der Waals surface area contributed by atoms with Crippen LogP contribution in [-0.4, -0.2) is 28.9 Å². The average Bonchev–Trinajstić information content (AvgIpc) is 3.14. The fraction of sp³-hybridized carbons (Fsp3) is 0.105. The molecule has 0 atom stereocenters. The van der Waals surface area contributed by atoms with Crippen molar-refractivity contribution in [3.8, 4) is 17.0 Å². The lowest BCUT2D eigenvalue weighted by Gasteiger charge is -2.05. The number of benzene rings is 2. The molecule has 2 N–H and O–H groups in total. The van der Waals surface area contributed by atoms with Crippen molar-refractivity contribution >= 4 is 23.7 Å². The first kappa shape index (κ1) is 17.7. The Morgan fingerprint density at radius 1 is 1.27 bits per heavy atom. The van der Waals surface area contributed by atoms with Crippen LogP contribution in [0.3, 0.4) is 0 Å². The topological polar surface area (TPSA) is 79.4 Å². The highest BCUT2D eigenvalue weighted by Gasteiger charge is 2.12. The highest BCUT2D eigenvalue weighted by molar-refractivity contribution is 6.33. The molecule has 1 amide bonds. The Morgan fingerprint density at radius 2 is 2.04 bits per heavy atom. The molecule has 0 saturated carbocycles. The third-order valence-electron chi connectivity index (χ3n) is 3.56. The smallest absolute Gasteiger partial charge is 0.289 e. The van der Waals surface area contributed by atoms with Crippen LogP contribution >= 0.6 is 11.6 Å². The van der Waals surface area contributed by atoms with Crippen molar-refractivity contribution in [2.24, 2.45) is 5.10 Å². The van der Waals surface area contributed by atoms with E-state index in [1.807, 2.05) is 49.4 Å². The second-order valence-electron chi connectivity index (χ2n) is 5.32. The third-order valence-corrected chi connectivity index (χ3v) is 3.89. The summed E-state index contributed by atoms with van der Waals surface area (Å²) < 4.78 is 5.51. The van der Waals surface area contributed by atoms with Gasteiger partial charge in [-0.1, -0.05) is 41.9 Å². The Hall–Kier alpha value is -3.12. The summed E-state index contributed by atoms with van der Waals surface area (Å²) in [7, 11) is 0. The fourth-order valence-electron chi connectivity index (χ4n) is 2.34. The van der Waals surface area contributed by atoms with Crippen LogP contribution in [0.1, 0.15) is 23.0 Å². The first-order valence-corrected chi connectivity index (χ1v) is 8.42. The van der Waals surface area contributed by atoms with Crippen LogP contribution in [0.25, 0.3) is 11.3 Å². The molecule has 6 nitrogen and oxygen atoms in total. The van der Waals surface area contributed by atoms with Gasteiger partial charge >= 0.3 is 0 Å². The Morgan fingerprint density at radius 3 is 2.85 bits per heavy atom. The minimum Gasteiger partial charge on any atom is -0.493 e. The van der Waals surface area contributed by atoms with E-state index < -0.39 is 5.91 Å². The molecule has 26 heavy (non-hydrogen) atoms. The number of para-hydroxylation sites is 1. The van der Waals surface area contributed by atoms with Crippen LogP contribution in [0.5, 0.6) is 5.75 Å². The van der Waals surface area contributed by atoms with Crippen molar-refractivity contribution < 1.29 is 9.53 Å². The largest absolute Gasteiger partial charge is 0.493 e. The van der Waals surface area contributed by atoms with Crippen molar-refractivity contribution in [2.45, 2.75) is 6.92 Å². The summed E-state index contributed by atoms with van der Waals surface area (Å²) in [6.07, 6.45) is 1.54. The van der Waals surface area contributed by atoms with E-state index >= 15 is 0 Å². The number of hydrazone groups is 1. The van der Waals surface area contributed by atoms with E-state index in [2.05, 4.69) is 20.7 Å². The van der Waals surface area contributed by atoms with Gasteiger partial charge in [0.15, 0.2) is 0 Å². The van der Waals surface area contributed by atoms with E-state index in [1.165, 1.54) is 6.21 Å². The van der Waals surface area contributed by atoms with Crippen LogP contribution < -0.4 is 10.2 Å². The van der Waals surface area contributed by atoms with Gasteiger partial charge in [0.2, 0.25) is 0 Å². The summed E-state index contributed by atoms with van der Waals surface area (Å²) in [5.74, 6) is 0.302. The minimum atomic E-state index is -0.402. The summed E-state index contributed by atoms with van der Waals surface area (Å²) >= 11 is 6.15. The van der Waals surface area contributed by atoms with Crippen LogP contribution in [0.2, 0.25) is 5.02 Å².